The molecular weight excluding hydrogens is 314 g/mol. The first-order valence-corrected chi connectivity index (χ1v) is 8.52. The Balaban J connectivity index is 1.65. The van der Waals surface area contributed by atoms with Crippen molar-refractivity contribution < 1.29 is 4.79 Å². The lowest BCUT2D eigenvalue weighted by molar-refractivity contribution is 0.0700. The largest absolute Gasteiger partial charge is 0.337 e. The van der Waals surface area contributed by atoms with E-state index in [1.807, 2.05) is 36.1 Å². The zero-order valence-corrected chi connectivity index (χ0v) is 14.1. The normalized spacial score (nSPS) is 17.6. The summed E-state index contributed by atoms with van der Waals surface area (Å²) >= 11 is 0. The van der Waals surface area contributed by atoms with Crippen LogP contribution in [0.4, 0.5) is 0 Å². The van der Waals surface area contributed by atoms with Crippen LogP contribution in [-0.2, 0) is 0 Å². The Morgan fingerprint density at radius 2 is 2.00 bits per heavy atom. The summed E-state index contributed by atoms with van der Waals surface area (Å²) in [6, 6.07) is 9.34. The van der Waals surface area contributed by atoms with Gasteiger partial charge in [0.25, 0.3) is 5.91 Å². The Morgan fingerprint density at radius 3 is 2.84 bits per heavy atom. The van der Waals surface area contributed by atoms with Gasteiger partial charge in [-0.25, -0.2) is 15.0 Å². The maximum Gasteiger partial charge on any atom is 0.272 e. The van der Waals surface area contributed by atoms with E-state index in [1.165, 1.54) is 0 Å². The molecule has 1 aliphatic rings. The molecule has 1 atom stereocenters. The van der Waals surface area contributed by atoms with Crippen molar-refractivity contribution in [1.29, 1.82) is 0 Å². The maximum absolute atomic E-state index is 12.7. The molecule has 0 saturated carbocycles. The third kappa shape index (κ3) is 3.07. The number of hydrogen-bond donors (Lipinski definition) is 0. The summed E-state index contributed by atoms with van der Waals surface area (Å²) in [6.45, 7) is 3.29. The summed E-state index contributed by atoms with van der Waals surface area (Å²) in [7, 11) is 0. The van der Waals surface area contributed by atoms with Crippen molar-refractivity contribution in [2.45, 2.75) is 25.7 Å². The first-order chi connectivity index (χ1) is 12.2. The monoisotopic (exact) mass is 333 g/mol. The average Bonchev–Trinajstić information content (AvgIpc) is 2.67. The molecule has 1 saturated heterocycles. The Labute approximate surface area is 146 Å². The number of fused-ring (bicyclic) bond motifs is 1. The zero-order valence-electron chi connectivity index (χ0n) is 14.1. The van der Waals surface area contributed by atoms with Gasteiger partial charge in [-0.15, -0.1) is 0 Å². The second kappa shape index (κ2) is 6.55. The third-order valence-corrected chi connectivity index (χ3v) is 4.59. The van der Waals surface area contributed by atoms with Crippen LogP contribution in [-0.4, -0.2) is 43.8 Å². The standard InChI is InChI=1S/C19H19N5O/c1-13-22-17(15-7-4-10-21-18(15)23-13)14-6-5-11-24(12-14)19(25)16-8-2-3-9-20-16/h2-4,7-10,14H,5-6,11-12H2,1H3. The van der Waals surface area contributed by atoms with Crippen LogP contribution in [0.3, 0.4) is 0 Å². The lowest BCUT2D eigenvalue weighted by Crippen LogP contribution is -2.39. The second-order valence-electron chi connectivity index (χ2n) is 6.34. The number of aromatic nitrogens is 4. The number of hydrogen-bond acceptors (Lipinski definition) is 5. The molecule has 1 aliphatic heterocycles. The van der Waals surface area contributed by atoms with E-state index < -0.39 is 0 Å². The van der Waals surface area contributed by atoms with Crippen molar-refractivity contribution in [3.05, 3.63) is 59.9 Å². The van der Waals surface area contributed by atoms with E-state index in [0.29, 0.717) is 12.2 Å². The minimum absolute atomic E-state index is 0.0153. The van der Waals surface area contributed by atoms with Crippen LogP contribution >= 0.6 is 0 Å². The fourth-order valence-electron chi connectivity index (χ4n) is 3.45. The molecule has 3 aromatic heterocycles. The van der Waals surface area contributed by atoms with E-state index >= 15 is 0 Å². The smallest absolute Gasteiger partial charge is 0.272 e. The zero-order chi connectivity index (χ0) is 17.2. The summed E-state index contributed by atoms with van der Waals surface area (Å²) in [5.41, 5.74) is 2.21. The first kappa shape index (κ1) is 15.6. The fraction of sp³-hybridized carbons (Fsp3) is 0.316. The number of amides is 1. The number of aryl methyl sites for hydroxylation is 1. The van der Waals surface area contributed by atoms with Gasteiger partial charge < -0.3 is 4.90 Å². The molecule has 0 spiro atoms. The van der Waals surface area contributed by atoms with E-state index in [4.69, 9.17) is 0 Å². The minimum Gasteiger partial charge on any atom is -0.337 e. The molecular formula is C19H19N5O. The lowest BCUT2D eigenvalue weighted by Gasteiger charge is -2.32. The molecule has 0 N–H and O–H groups in total. The topological polar surface area (TPSA) is 71.9 Å². The molecule has 6 nitrogen and oxygen atoms in total. The molecule has 1 amide bonds. The van der Waals surface area contributed by atoms with Gasteiger partial charge in [0.1, 0.15) is 11.5 Å². The number of pyridine rings is 2. The highest BCUT2D eigenvalue weighted by Gasteiger charge is 2.28. The van der Waals surface area contributed by atoms with Gasteiger partial charge in [0.2, 0.25) is 0 Å². The number of piperidine rings is 1. The van der Waals surface area contributed by atoms with Gasteiger partial charge >= 0.3 is 0 Å². The molecule has 1 unspecified atom stereocenters. The van der Waals surface area contributed by atoms with E-state index in [-0.39, 0.29) is 11.8 Å². The molecule has 25 heavy (non-hydrogen) atoms. The van der Waals surface area contributed by atoms with Gasteiger partial charge in [0.05, 0.1) is 5.69 Å². The summed E-state index contributed by atoms with van der Waals surface area (Å²) < 4.78 is 0. The molecule has 0 aromatic carbocycles. The molecule has 0 bridgehead atoms. The van der Waals surface area contributed by atoms with Crippen molar-refractivity contribution >= 4 is 16.9 Å². The van der Waals surface area contributed by atoms with Gasteiger partial charge in [-0.2, -0.15) is 0 Å². The van der Waals surface area contributed by atoms with Crippen LogP contribution in [0.25, 0.3) is 11.0 Å². The van der Waals surface area contributed by atoms with Crippen LogP contribution in [0.15, 0.2) is 42.7 Å². The number of carbonyl (C=O) groups excluding carboxylic acids is 1. The SMILES string of the molecule is Cc1nc(C2CCCN(C(=O)c3ccccn3)C2)c2cccnc2n1. The van der Waals surface area contributed by atoms with Crippen molar-refractivity contribution in [3.8, 4) is 0 Å². The third-order valence-electron chi connectivity index (χ3n) is 4.59. The summed E-state index contributed by atoms with van der Waals surface area (Å²) in [6.07, 6.45) is 5.36. The molecule has 0 radical (unpaired) electrons. The summed E-state index contributed by atoms with van der Waals surface area (Å²) in [4.78, 5) is 32.3. The van der Waals surface area contributed by atoms with E-state index in [2.05, 4.69) is 19.9 Å². The molecule has 3 aromatic rings. The number of rotatable bonds is 2. The van der Waals surface area contributed by atoms with Crippen molar-refractivity contribution in [1.82, 2.24) is 24.8 Å². The van der Waals surface area contributed by atoms with Crippen LogP contribution in [0.5, 0.6) is 0 Å². The quantitative estimate of drug-likeness (QED) is 0.721. The molecule has 126 valence electrons. The predicted octanol–water partition coefficient (Wildman–Crippen LogP) is 2.75. The van der Waals surface area contributed by atoms with E-state index in [9.17, 15) is 4.79 Å². The predicted molar refractivity (Wildman–Crippen MR) is 94.2 cm³/mol. The minimum atomic E-state index is -0.0153. The highest BCUT2D eigenvalue weighted by Crippen LogP contribution is 2.30. The van der Waals surface area contributed by atoms with Crippen LogP contribution in [0, 0.1) is 6.92 Å². The first-order valence-electron chi connectivity index (χ1n) is 8.52. The molecule has 4 heterocycles. The highest BCUT2D eigenvalue weighted by atomic mass is 16.2. The Morgan fingerprint density at radius 1 is 1.12 bits per heavy atom. The van der Waals surface area contributed by atoms with E-state index in [1.54, 1.807) is 18.5 Å². The highest BCUT2D eigenvalue weighted by molar-refractivity contribution is 5.92. The maximum atomic E-state index is 12.7. The van der Waals surface area contributed by atoms with Crippen molar-refractivity contribution in [2.75, 3.05) is 13.1 Å². The number of nitrogens with zero attached hydrogens (tertiary/aromatic N) is 5. The number of likely N-dealkylation sites (tertiary alicyclic amines) is 1. The van der Waals surface area contributed by atoms with Gasteiger partial charge in [-0.3, -0.25) is 9.78 Å². The van der Waals surface area contributed by atoms with Crippen LogP contribution in [0.1, 0.15) is 40.8 Å². The Bertz CT molecular complexity index is 912. The summed E-state index contributed by atoms with van der Waals surface area (Å²) in [5.74, 6) is 0.891. The van der Waals surface area contributed by atoms with Gasteiger partial charge in [-0.05, 0) is 44.0 Å². The van der Waals surface area contributed by atoms with Gasteiger partial charge in [0.15, 0.2) is 5.65 Å². The van der Waals surface area contributed by atoms with Crippen molar-refractivity contribution in [3.63, 3.8) is 0 Å². The lowest BCUT2D eigenvalue weighted by atomic mass is 9.92. The van der Waals surface area contributed by atoms with Crippen LogP contribution < -0.4 is 0 Å². The molecule has 4 rings (SSSR count). The Hall–Kier alpha value is -2.89. The van der Waals surface area contributed by atoms with E-state index in [0.717, 1.165) is 41.9 Å². The van der Waals surface area contributed by atoms with Crippen molar-refractivity contribution in [2.24, 2.45) is 0 Å². The number of carbonyl (C=O) groups is 1. The molecule has 1 fully saturated rings. The molecule has 0 aliphatic carbocycles. The molecule has 6 heteroatoms. The van der Waals surface area contributed by atoms with Gasteiger partial charge in [0, 0.05) is 36.8 Å². The van der Waals surface area contributed by atoms with Gasteiger partial charge in [-0.1, -0.05) is 6.07 Å². The average molecular weight is 333 g/mol. The van der Waals surface area contributed by atoms with Crippen LogP contribution in [0.2, 0.25) is 0 Å². The second-order valence-corrected chi connectivity index (χ2v) is 6.34. The Kier molecular flexibility index (Phi) is 4.09. The fourth-order valence-corrected chi connectivity index (χ4v) is 3.45. The summed E-state index contributed by atoms with van der Waals surface area (Å²) in [5, 5.41) is 0.977.